The Labute approximate surface area is 179 Å². The van der Waals surface area contributed by atoms with Crippen LogP contribution in [0.4, 0.5) is 4.39 Å². The van der Waals surface area contributed by atoms with Gasteiger partial charge in [0.1, 0.15) is 11.5 Å². The molecule has 31 heavy (non-hydrogen) atoms. The summed E-state index contributed by atoms with van der Waals surface area (Å²) >= 11 is 0. The van der Waals surface area contributed by atoms with E-state index in [9.17, 15) is 14.0 Å². The molecule has 9 heteroatoms. The van der Waals surface area contributed by atoms with Gasteiger partial charge in [0.25, 0.3) is 11.8 Å². The predicted molar refractivity (Wildman–Crippen MR) is 112 cm³/mol. The van der Waals surface area contributed by atoms with E-state index in [-0.39, 0.29) is 24.2 Å². The SMILES string of the molecule is CCCc1cc(C(=O)N2CCc3c(C(=O)NCc4ccccc4F)n[nH]c3C2)n(C)n1. The number of hydrogen-bond acceptors (Lipinski definition) is 4. The third-order valence-electron chi connectivity index (χ3n) is 5.49. The standard InChI is InChI=1S/C22H25FN6O2/c1-3-6-15-11-19(28(2)27-15)22(31)29-10-9-16-18(13-29)25-26-20(16)21(30)24-12-14-7-4-5-8-17(14)23/h4-5,7-8,11H,3,6,9-10,12-13H2,1-2H3,(H,24,30)(H,25,26). The molecule has 0 aliphatic carbocycles. The quantitative estimate of drug-likeness (QED) is 0.635. The summed E-state index contributed by atoms with van der Waals surface area (Å²) in [6, 6.07) is 8.16. The molecule has 3 aromatic rings. The van der Waals surface area contributed by atoms with Gasteiger partial charge in [0.15, 0.2) is 5.69 Å². The molecule has 0 saturated heterocycles. The number of benzene rings is 1. The molecule has 0 radical (unpaired) electrons. The summed E-state index contributed by atoms with van der Waals surface area (Å²) < 4.78 is 15.4. The minimum atomic E-state index is -0.364. The highest BCUT2D eigenvalue weighted by Crippen LogP contribution is 2.22. The van der Waals surface area contributed by atoms with Gasteiger partial charge in [-0.15, -0.1) is 0 Å². The molecule has 1 aromatic carbocycles. The first-order chi connectivity index (χ1) is 15.0. The highest BCUT2D eigenvalue weighted by molar-refractivity contribution is 5.95. The highest BCUT2D eigenvalue weighted by atomic mass is 19.1. The van der Waals surface area contributed by atoms with Gasteiger partial charge < -0.3 is 10.2 Å². The first-order valence-corrected chi connectivity index (χ1v) is 10.4. The molecule has 1 aliphatic rings. The van der Waals surface area contributed by atoms with Gasteiger partial charge >= 0.3 is 0 Å². The molecule has 0 fully saturated rings. The first kappa shape index (κ1) is 20.8. The number of fused-ring (bicyclic) bond motifs is 1. The lowest BCUT2D eigenvalue weighted by Crippen LogP contribution is -2.37. The zero-order valence-electron chi connectivity index (χ0n) is 17.6. The number of rotatable bonds is 6. The Morgan fingerprint density at radius 2 is 2.10 bits per heavy atom. The summed E-state index contributed by atoms with van der Waals surface area (Å²) in [5, 5.41) is 14.2. The van der Waals surface area contributed by atoms with Crippen molar-refractivity contribution in [1.29, 1.82) is 0 Å². The minimum absolute atomic E-state index is 0.0817. The van der Waals surface area contributed by atoms with Crippen molar-refractivity contribution in [3.63, 3.8) is 0 Å². The number of halogens is 1. The number of hydrogen-bond donors (Lipinski definition) is 2. The van der Waals surface area contributed by atoms with Gasteiger partial charge in [0.2, 0.25) is 0 Å². The van der Waals surface area contributed by atoms with E-state index < -0.39 is 0 Å². The average molecular weight is 424 g/mol. The van der Waals surface area contributed by atoms with Crippen LogP contribution in [0.3, 0.4) is 0 Å². The number of amides is 2. The van der Waals surface area contributed by atoms with Crippen LogP contribution in [-0.4, -0.2) is 43.2 Å². The van der Waals surface area contributed by atoms with Crippen LogP contribution in [0.1, 0.15) is 56.8 Å². The maximum atomic E-state index is 13.8. The van der Waals surface area contributed by atoms with Crippen LogP contribution >= 0.6 is 0 Å². The van der Waals surface area contributed by atoms with Crippen LogP contribution in [-0.2, 0) is 33.0 Å². The van der Waals surface area contributed by atoms with E-state index >= 15 is 0 Å². The van der Waals surface area contributed by atoms with E-state index in [0.717, 1.165) is 29.8 Å². The highest BCUT2D eigenvalue weighted by Gasteiger charge is 2.29. The number of nitrogens with zero attached hydrogens (tertiary/aromatic N) is 4. The van der Waals surface area contributed by atoms with Crippen LogP contribution in [0, 0.1) is 5.82 Å². The van der Waals surface area contributed by atoms with Crippen molar-refractivity contribution in [3.8, 4) is 0 Å². The van der Waals surface area contributed by atoms with Gasteiger partial charge in [0, 0.05) is 31.3 Å². The lowest BCUT2D eigenvalue weighted by atomic mass is 10.0. The second-order valence-electron chi connectivity index (χ2n) is 7.67. The third kappa shape index (κ3) is 4.21. The van der Waals surface area contributed by atoms with Crippen molar-refractivity contribution in [2.45, 2.75) is 39.3 Å². The molecule has 2 amide bonds. The molecule has 4 rings (SSSR count). The Hall–Kier alpha value is -3.49. The zero-order valence-corrected chi connectivity index (χ0v) is 17.6. The van der Waals surface area contributed by atoms with Gasteiger partial charge in [-0.25, -0.2) is 4.39 Å². The largest absolute Gasteiger partial charge is 0.346 e. The molecular formula is C22H25FN6O2. The monoisotopic (exact) mass is 424 g/mol. The smallest absolute Gasteiger partial charge is 0.272 e. The molecular weight excluding hydrogens is 399 g/mol. The number of aromatic amines is 1. The van der Waals surface area contributed by atoms with Crippen LogP contribution in [0.25, 0.3) is 0 Å². The normalized spacial score (nSPS) is 13.2. The van der Waals surface area contributed by atoms with Crippen molar-refractivity contribution >= 4 is 11.8 Å². The number of aromatic nitrogens is 4. The van der Waals surface area contributed by atoms with E-state index in [1.807, 2.05) is 6.07 Å². The fraction of sp³-hybridized carbons (Fsp3) is 0.364. The van der Waals surface area contributed by atoms with E-state index in [0.29, 0.717) is 36.5 Å². The van der Waals surface area contributed by atoms with Gasteiger partial charge in [-0.3, -0.25) is 19.4 Å². The maximum Gasteiger partial charge on any atom is 0.272 e. The second-order valence-corrected chi connectivity index (χ2v) is 7.67. The molecule has 2 aromatic heterocycles. The Morgan fingerprint density at radius 1 is 1.29 bits per heavy atom. The predicted octanol–water partition coefficient (Wildman–Crippen LogP) is 2.36. The molecule has 8 nitrogen and oxygen atoms in total. The maximum absolute atomic E-state index is 13.8. The molecule has 162 valence electrons. The summed E-state index contributed by atoms with van der Waals surface area (Å²) in [7, 11) is 1.77. The lowest BCUT2D eigenvalue weighted by Gasteiger charge is -2.26. The lowest BCUT2D eigenvalue weighted by molar-refractivity contribution is 0.0721. The van der Waals surface area contributed by atoms with Crippen LogP contribution in [0.5, 0.6) is 0 Å². The molecule has 0 bridgehead atoms. The summed E-state index contributed by atoms with van der Waals surface area (Å²) in [5.74, 6) is -0.821. The Balaban J connectivity index is 1.44. The summed E-state index contributed by atoms with van der Waals surface area (Å²) in [6.45, 7) is 2.98. The summed E-state index contributed by atoms with van der Waals surface area (Å²) in [6.07, 6.45) is 2.31. The van der Waals surface area contributed by atoms with E-state index in [4.69, 9.17) is 0 Å². The summed E-state index contributed by atoms with van der Waals surface area (Å²) in [4.78, 5) is 27.3. The van der Waals surface area contributed by atoms with Crippen molar-refractivity contribution in [3.05, 3.63) is 70.1 Å². The molecule has 0 saturated carbocycles. The molecule has 3 heterocycles. The first-order valence-electron chi connectivity index (χ1n) is 10.4. The molecule has 0 unspecified atom stereocenters. The van der Waals surface area contributed by atoms with Crippen molar-refractivity contribution in [1.82, 2.24) is 30.2 Å². The van der Waals surface area contributed by atoms with E-state index in [1.165, 1.54) is 6.07 Å². The van der Waals surface area contributed by atoms with E-state index in [2.05, 4.69) is 27.5 Å². The number of carbonyl (C=O) groups excluding carboxylic acids is 2. The Bertz CT molecular complexity index is 1120. The Kier molecular flexibility index (Phi) is 5.83. The molecule has 0 spiro atoms. The fourth-order valence-electron chi connectivity index (χ4n) is 3.85. The van der Waals surface area contributed by atoms with Crippen molar-refractivity contribution in [2.24, 2.45) is 7.05 Å². The number of aryl methyl sites for hydroxylation is 2. The average Bonchev–Trinajstić information content (AvgIpc) is 3.35. The van der Waals surface area contributed by atoms with Gasteiger partial charge in [-0.2, -0.15) is 10.2 Å². The van der Waals surface area contributed by atoms with Crippen LogP contribution < -0.4 is 5.32 Å². The van der Waals surface area contributed by atoms with Gasteiger partial charge in [-0.1, -0.05) is 31.5 Å². The number of carbonyl (C=O) groups is 2. The molecule has 0 atom stereocenters. The number of H-pyrrole nitrogens is 1. The topological polar surface area (TPSA) is 95.9 Å². The van der Waals surface area contributed by atoms with Crippen LogP contribution in [0.2, 0.25) is 0 Å². The fourth-order valence-corrected chi connectivity index (χ4v) is 3.85. The van der Waals surface area contributed by atoms with Gasteiger partial charge in [-0.05, 0) is 25.0 Å². The number of nitrogens with one attached hydrogen (secondary N) is 2. The van der Waals surface area contributed by atoms with E-state index in [1.54, 1.807) is 34.8 Å². The third-order valence-corrected chi connectivity index (χ3v) is 5.49. The second kappa shape index (κ2) is 8.71. The van der Waals surface area contributed by atoms with Crippen LogP contribution in [0.15, 0.2) is 30.3 Å². The minimum Gasteiger partial charge on any atom is -0.346 e. The summed E-state index contributed by atoms with van der Waals surface area (Å²) in [5.41, 5.74) is 3.70. The molecule has 1 aliphatic heterocycles. The molecule has 2 N–H and O–H groups in total. The van der Waals surface area contributed by atoms with Crippen molar-refractivity contribution in [2.75, 3.05) is 6.54 Å². The van der Waals surface area contributed by atoms with Gasteiger partial charge in [0.05, 0.1) is 17.9 Å². The van der Waals surface area contributed by atoms with Crippen molar-refractivity contribution < 1.29 is 14.0 Å². The Morgan fingerprint density at radius 3 is 2.87 bits per heavy atom. The zero-order chi connectivity index (χ0) is 22.0.